The molecule has 1 saturated heterocycles. The van der Waals surface area contributed by atoms with E-state index in [-0.39, 0.29) is 16.7 Å². The van der Waals surface area contributed by atoms with Gasteiger partial charge in [0, 0.05) is 37.8 Å². The molecule has 2 aliphatic rings. The molecule has 1 aromatic rings. The summed E-state index contributed by atoms with van der Waals surface area (Å²) >= 11 is 0. The summed E-state index contributed by atoms with van der Waals surface area (Å²) in [6.45, 7) is 16.9. The average molecular weight is 329 g/mol. The van der Waals surface area contributed by atoms with Gasteiger partial charge in [0.25, 0.3) is 0 Å². The van der Waals surface area contributed by atoms with Crippen molar-refractivity contribution in [3.05, 3.63) is 29.8 Å². The highest BCUT2D eigenvalue weighted by atomic mass is 16.2. The normalized spacial score (nSPS) is 22.8. The molecule has 1 saturated carbocycles. The molecule has 3 nitrogen and oxygen atoms in total. The molecule has 3 heteroatoms. The number of carbonyl (C=O) groups excluding carboxylic acids is 1. The Bertz CT molecular complexity index is 593. The van der Waals surface area contributed by atoms with E-state index in [9.17, 15) is 4.79 Å². The standard InChI is InChI=1S/C21H32N2O/c1-15(2)16-7-9-17(10-8-16)22-11-13-23(14-12-22)19(24)18-20(3,4)21(18,5)6/h7-10,15,18H,11-14H2,1-6H3. The summed E-state index contributed by atoms with van der Waals surface area (Å²) in [5.41, 5.74) is 2.92. The van der Waals surface area contributed by atoms with Gasteiger partial charge >= 0.3 is 0 Å². The molecule has 132 valence electrons. The van der Waals surface area contributed by atoms with Crippen LogP contribution in [0, 0.1) is 16.7 Å². The first-order chi connectivity index (χ1) is 11.2. The first-order valence-corrected chi connectivity index (χ1v) is 9.30. The third-order valence-corrected chi connectivity index (χ3v) is 6.78. The molecule has 0 radical (unpaired) electrons. The van der Waals surface area contributed by atoms with E-state index in [0.717, 1.165) is 26.2 Å². The molecule has 24 heavy (non-hydrogen) atoms. The van der Waals surface area contributed by atoms with Crippen molar-refractivity contribution in [2.45, 2.75) is 47.5 Å². The van der Waals surface area contributed by atoms with Gasteiger partial charge < -0.3 is 9.80 Å². The van der Waals surface area contributed by atoms with Crippen LogP contribution >= 0.6 is 0 Å². The highest BCUT2D eigenvalue weighted by Crippen LogP contribution is 2.68. The van der Waals surface area contributed by atoms with Gasteiger partial charge in [-0.05, 0) is 34.4 Å². The van der Waals surface area contributed by atoms with Crippen LogP contribution in [0.3, 0.4) is 0 Å². The summed E-state index contributed by atoms with van der Waals surface area (Å²) in [5.74, 6) is 1.11. The van der Waals surface area contributed by atoms with Gasteiger partial charge in [0.15, 0.2) is 0 Å². The largest absolute Gasteiger partial charge is 0.368 e. The summed E-state index contributed by atoms with van der Waals surface area (Å²) in [7, 11) is 0. The number of nitrogens with zero attached hydrogens (tertiary/aromatic N) is 2. The number of amides is 1. The van der Waals surface area contributed by atoms with Crippen molar-refractivity contribution in [3.63, 3.8) is 0 Å². The second-order valence-corrected chi connectivity index (χ2v) is 8.93. The van der Waals surface area contributed by atoms with Gasteiger partial charge in [-0.25, -0.2) is 0 Å². The number of carbonyl (C=O) groups is 1. The van der Waals surface area contributed by atoms with Crippen LogP contribution < -0.4 is 4.90 Å². The van der Waals surface area contributed by atoms with Crippen molar-refractivity contribution in [3.8, 4) is 0 Å². The van der Waals surface area contributed by atoms with Crippen LogP contribution in [0.2, 0.25) is 0 Å². The topological polar surface area (TPSA) is 23.6 Å². The van der Waals surface area contributed by atoms with Crippen LogP contribution in [-0.2, 0) is 4.79 Å². The lowest BCUT2D eigenvalue weighted by Gasteiger charge is -2.36. The predicted octanol–water partition coefficient (Wildman–Crippen LogP) is 4.14. The maximum Gasteiger partial charge on any atom is 0.226 e. The number of piperazine rings is 1. The molecule has 0 unspecified atom stereocenters. The molecular formula is C21H32N2O. The molecule has 1 aromatic carbocycles. The Morgan fingerprint density at radius 2 is 1.46 bits per heavy atom. The number of benzene rings is 1. The second-order valence-electron chi connectivity index (χ2n) is 8.93. The Labute approximate surface area is 147 Å². The van der Waals surface area contributed by atoms with Gasteiger partial charge in [0.05, 0.1) is 0 Å². The van der Waals surface area contributed by atoms with E-state index in [2.05, 4.69) is 75.6 Å². The van der Waals surface area contributed by atoms with E-state index >= 15 is 0 Å². The van der Waals surface area contributed by atoms with Gasteiger partial charge in [0.1, 0.15) is 0 Å². The minimum absolute atomic E-state index is 0.133. The zero-order chi connectivity index (χ0) is 17.7. The molecule has 1 aliphatic heterocycles. The molecule has 3 rings (SSSR count). The zero-order valence-corrected chi connectivity index (χ0v) is 16.1. The molecule has 1 heterocycles. The predicted molar refractivity (Wildman–Crippen MR) is 100 cm³/mol. The Morgan fingerprint density at radius 3 is 1.88 bits per heavy atom. The molecule has 0 atom stereocenters. The van der Waals surface area contributed by atoms with Crippen LogP contribution in [0.1, 0.15) is 53.0 Å². The van der Waals surface area contributed by atoms with Crippen LogP contribution in [-0.4, -0.2) is 37.0 Å². The summed E-state index contributed by atoms with van der Waals surface area (Å²) in [6, 6.07) is 8.90. The number of hydrogen-bond acceptors (Lipinski definition) is 2. The molecule has 0 aromatic heterocycles. The quantitative estimate of drug-likeness (QED) is 0.832. The van der Waals surface area contributed by atoms with Crippen molar-refractivity contribution in [2.75, 3.05) is 31.1 Å². The number of anilines is 1. The smallest absolute Gasteiger partial charge is 0.226 e. The number of hydrogen-bond donors (Lipinski definition) is 0. The molecule has 0 bridgehead atoms. The molecular weight excluding hydrogens is 296 g/mol. The van der Waals surface area contributed by atoms with Crippen molar-refractivity contribution >= 4 is 11.6 Å². The highest BCUT2D eigenvalue weighted by Gasteiger charge is 2.68. The monoisotopic (exact) mass is 328 g/mol. The van der Waals surface area contributed by atoms with Crippen molar-refractivity contribution < 1.29 is 4.79 Å². The lowest BCUT2D eigenvalue weighted by atomic mass is 10.0. The van der Waals surface area contributed by atoms with E-state index in [0.29, 0.717) is 11.8 Å². The lowest BCUT2D eigenvalue weighted by Crippen LogP contribution is -2.49. The van der Waals surface area contributed by atoms with Crippen molar-refractivity contribution in [1.82, 2.24) is 4.90 Å². The van der Waals surface area contributed by atoms with E-state index in [1.54, 1.807) is 0 Å². The fourth-order valence-electron chi connectivity index (χ4n) is 4.25. The van der Waals surface area contributed by atoms with E-state index < -0.39 is 0 Å². The molecule has 2 fully saturated rings. The number of rotatable bonds is 3. The third kappa shape index (κ3) is 2.72. The zero-order valence-electron chi connectivity index (χ0n) is 16.1. The van der Waals surface area contributed by atoms with Gasteiger partial charge in [-0.1, -0.05) is 53.7 Å². The SMILES string of the molecule is CC(C)c1ccc(N2CCN(C(=O)C3C(C)(C)C3(C)C)CC2)cc1. The third-order valence-electron chi connectivity index (χ3n) is 6.78. The Morgan fingerprint density at radius 1 is 0.958 bits per heavy atom. The summed E-state index contributed by atoms with van der Waals surface area (Å²) in [4.78, 5) is 17.3. The fraction of sp³-hybridized carbons (Fsp3) is 0.667. The minimum Gasteiger partial charge on any atom is -0.368 e. The Kier molecular flexibility index (Phi) is 4.17. The van der Waals surface area contributed by atoms with Crippen molar-refractivity contribution in [2.24, 2.45) is 16.7 Å². The maximum absolute atomic E-state index is 12.9. The van der Waals surface area contributed by atoms with Crippen LogP contribution in [0.15, 0.2) is 24.3 Å². The van der Waals surface area contributed by atoms with Gasteiger partial charge in [-0.3, -0.25) is 4.79 Å². The van der Waals surface area contributed by atoms with Gasteiger partial charge in [-0.2, -0.15) is 0 Å². The molecule has 1 amide bonds. The van der Waals surface area contributed by atoms with Crippen LogP contribution in [0.4, 0.5) is 5.69 Å². The molecule has 0 N–H and O–H groups in total. The second kappa shape index (κ2) is 5.79. The minimum atomic E-state index is 0.133. The fourth-order valence-corrected chi connectivity index (χ4v) is 4.25. The summed E-state index contributed by atoms with van der Waals surface area (Å²) < 4.78 is 0. The average Bonchev–Trinajstić information content (AvgIpc) is 2.96. The lowest BCUT2D eigenvalue weighted by molar-refractivity contribution is -0.134. The maximum atomic E-state index is 12.9. The van der Waals surface area contributed by atoms with Gasteiger partial charge in [0.2, 0.25) is 5.91 Å². The highest BCUT2D eigenvalue weighted by molar-refractivity contribution is 5.84. The van der Waals surface area contributed by atoms with Crippen molar-refractivity contribution in [1.29, 1.82) is 0 Å². The molecule has 0 spiro atoms. The van der Waals surface area contributed by atoms with Gasteiger partial charge in [-0.15, -0.1) is 0 Å². The Balaban J connectivity index is 1.59. The summed E-state index contributed by atoms with van der Waals surface area (Å²) in [6.07, 6.45) is 0. The first kappa shape index (κ1) is 17.3. The van der Waals surface area contributed by atoms with E-state index in [1.807, 2.05) is 0 Å². The van der Waals surface area contributed by atoms with E-state index in [4.69, 9.17) is 0 Å². The first-order valence-electron chi connectivity index (χ1n) is 9.30. The van der Waals surface area contributed by atoms with E-state index in [1.165, 1.54) is 11.3 Å². The summed E-state index contributed by atoms with van der Waals surface area (Å²) in [5, 5.41) is 0. The van der Waals surface area contributed by atoms with Crippen LogP contribution in [0.5, 0.6) is 0 Å². The Hall–Kier alpha value is -1.51. The molecule has 1 aliphatic carbocycles. The van der Waals surface area contributed by atoms with Crippen LogP contribution in [0.25, 0.3) is 0 Å².